The van der Waals surface area contributed by atoms with Crippen LogP contribution in [0.2, 0.25) is 0 Å². The fourth-order valence-corrected chi connectivity index (χ4v) is 2.22. The minimum absolute atomic E-state index is 0.130. The molecule has 0 radical (unpaired) electrons. The smallest absolute Gasteiger partial charge is 0.0679 e. The molecule has 2 atom stereocenters. The lowest BCUT2D eigenvalue weighted by molar-refractivity contribution is 0.187. The van der Waals surface area contributed by atoms with Crippen LogP contribution in [0.4, 0.5) is 0 Å². The highest BCUT2D eigenvalue weighted by Gasteiger charge is 2.22. The summed E-state index contributed by atoms with van der Waals surface area (Å²) in [6.07, 6.45) is 1.92. The first-order valence-corrected chi connectivity index (χ1v) is 6.43. The first kappa shape index (κ1) is 13.9. The average molecular weight is 229 g/mol. The first-order valence-electron chi connectivity index (χ1n) is 6.43. The van der Waals surface area contributed by atoms with Crippen LogP contribution in [0.1, 0.15) is 26.7 Å². The fraction of sp³-hybridized carbons (Fsp3) is 1.00. The van der Waals surface area contributed by atoms with Gasteiger partial charge in [0.25, 0.3) is 0 Å². The lowest BCUT2D eigenvalue weighted by Crippen LogP contribution is -2.39. The molecule has 0 bridgehead atoms. The molecule has 1 fully saturated rings. The molecule has 96 valence electrons. The SMILES string of the molecule is CNCCN(CCC1CC(O)CN1)C(C)C. The van der Waals surface area contributed by atoms with E-state index in [-0.39, 0.29) is 6.10 Å². The standard InChI is InChI=1S/C12H27N3O/c1-10(2)15(7-5-13-3)6-4-11-8-12(16)9-14-11/h10-14,16H,4-9H2,1-3H3. The summed E-state index contributed by atoms with van der Waals surface area (Å²) in [5, 5.41) is 16.0. The van der Waals surface area contributed by atoms with E-state index >= 15 is 0 Å². The van der Waals surface area contributed by atoms with E-state index in [1.165, 1.54) is 0 Å². The molecular weight excluding hydrogens is 202 g/mol. The normalized spacial score (nSPS) is 25.9. The van der Waals surface area contributed by atoms with E-state index in [4.69, 9.17) is 0 Å². The molecule has 1 saturated heterocycles. The summed E-state index contributed by atoms with van der Waals surface area (Å²) in [5.41, 5.74) is 0. The molecular formula is C12H27N3O. The van der Waals surface area contributed by atoms with Crippen molar-refractivity contribution in [2.75, 3.05) is 33.2 Å². The third-order valence-corrected chi connectivity index (χ3v) is 3.34. The van der Waals surface area contributed by atoms with Gasteiger partial charge in [0.1, 0.15) is 0 Å². The second kappa shape index (κ2) is 7.22. The second-order valence-corrected chi connectivity index (χ2v) is 5.02. The van der Waals surface area contributed by atoms with E-state index in [0.717, 1.165) is 39.0 Å². The highest BCUT2D eigenvalue weighted by molar-refractivity contribution is 4.82. The Bertz CT molecular complexity index is 187. The summed E-state index contributed by atoms with van der Waals surface area (Å²) in [4.78, 5) is 2.49. The van der Waals surface area contributed by atoms with Crippen LogP contribution in [0.15, 0.2) is 0 Å². The van der Waals surface area contributed by atoms with E-state index in [2.05, 4.69) is 29.4 Å². The van der Waals surface area contributed by atoms with Crippen LogP contribution >= 0.6 is 0 Å². The Hall–Kier alpha value is -0.160. The Morgan fingerprint density at radius 1 is 1.44 bits per heavy atom. The van der Waals surface area contributed by atoms with E-state index in [1.54, 1.807) is 0 Å². The van der Waals surface area contributed by atoms with E-state index in [9.17, 15) is 5.11 Å². The van der Waals surface area contributed by atoms with Crippen molar-refractivity contribution < 1.29 is 5.11 Å². The van der Waals surface area contributed by atoms with E-state index in [0.29, 0.717) is 12.1 Å². The summed E-state index contributed by atoms with van der Waals surface area (Å²) < 4.78 is 0. The zero-order valence-corrected chi connectivity index (χ0v) is 10.9. The van der Waals surface area contributed by atoms with Gasteiger partial charge in [-0.1, -0.05) is 0 Å². The van der Waals surface area contributed by atoms with Gasteiger partial charge in [-0.15, -0.1) is 0 Å². The first-order chi connectivity index (χ1) is 7.63. The van der Waals surface area contributed by atoms with Crippen LogP contribution in [-0.2, 0) is 0 Å². The van der Waals surface area contributed by atoms with E-state index in [1.807, 2.05) is 7.05 Å². The average Bonchev–Trinajstić information content (AvgIpc) is 2.64. The molecule has 0 saturated carbocycles. The third-order valence-electron chi connectivity index (χ3n) is 3.34. The largest absolute Gasteiger partial charge is 0.392 e. The quantitative estimate of drug-likeness (QED) is 0.576. The molecule has 1 aliphatic heterocycles. The van der Waals surface area contributed by atoms with Crippen molar-refractivity contribution in [2.24, 2.45) is 0 Å². The lowest BCUT2D eigenvalue weighted by atomic mass is 10.1. The van der Waals surface area contributed by atoms with Gasteiger partial charge in [-0.3, -0.25) is 4.90 Å². The van der Waals surface area contributed by atoms with Crippen LogP contribution in [0, 0.1) is 0 Å². The number of hydrogen-bond acceptors (Lipinski definition) is 4. The molecule has 0 amide bonds. The van der Waals surface area contributed by atoms with Crippen molar-refractivity contribution in [3.63, 3.8) is 0 Å². The minimum Gasteiger partial charge on any atom is -0.392 e. The molecule has 4 heteroatoms. The number of nitrogens with zero attached hydrogens (tertiary/aromatic N) is 1. The number of likely N-dealkylation sites (N-methyl/N-ethyl adjacent to an activating group) is 1. The van der Waals surface area contributed by atoms with Gasteiger partial charge in [0.2, 0.25) is 0 Å². The molecule has 0 aromatic heterocycles. The van der Waals surface area contributed by atoms with Crippen LogP contribution in [0.25, 0.3) is 0 Å². The predicted molar refractivity (Wildman–Crippen MR) is 67.7 cm³/mol. The number of β-amino-alcohol motifs (C(OH)–C–C–N with tert-alkyl or cyclic N) is 1. The number of aliphatic hydroxyl groups is 1. The summed E-state index contributed by atoms with van der Waals surface area (Å²) in [7, 11) is 1.99. The van der Waals surface area contributed by atoms with Crippen molar-refractivity contribution in [1.29, 1.82) is 0 Å². The summed E-state index contributed by atoms with van der Waals surface area (Å²) in [6, 6.07) is 1.10. The van der Waals surface area contributed by atoms with Gasteiger partial charge < -0.3 is 15.7 Å². The molecule has 0 aromatic carbocycles. The van der Waals surface area contributed by atoms with Crippen molar-refractivity contribution in [2.45, 2.75) is 44.9 Å². The number of hydrogen-bond donors (Lipinski definition) is 3. The van der Waals surface area contributed by atoms with Crippen molar-refractivity contribution >= 4 is 0 Å². The van der Waals surface area contributed by atoms with Crippen LogP contribution in [-0.4, -0.2) is 61.4 Å². The molecule has 0 aliphatic carbocycles. The molecule has 1 rings (SSSR count). The molecule has 1 heterocycles. The van der Waals surface area contributed by atoms with Crippen molar-refractivity contribution in [3.8, 4) is 0 Å². The molecule has 3 N–H and O–H groups in total. The highest BCUT2D eigenvalue weighted by atomic mass is 16.3. The Kier molecular flexibility index (Phi) is 6.28. The molecule has 1 aliphatic rings. The number of rotatable bonds is 7. The predicted octanol–water partition coefficient (Wildman–Crippen LogP) is 0.0291. The Labute approximate surface area is 99.4 Å². The van der Waals surface area contributed by atoms with Crippen LogP contribution in [0.3, 0.4) is 0 Å². The molecule has 4 nitrogen and oxygen atoms in total. The summed E-state index contributed by atoms with van der Waals surface area (Å²) >= 11 is 0. The maximum absolute atomic E-state index is 9.43. The fourth-order valence-electron chi connectivity index (χ4n) is 2.22. The number of nitrogens with one attached hydrogen (secondary N) is 2. The molecule has 2 unspecified atom stereocenters. The van der Waals surface area contributed by atoms with Gasteiger partial charge in [-0.05, 0) is 40.3 Å². The third kappa shape index (κ3) is 4.78. The second-order valence-electron chi connectivity index (χ2n) is 5.02. The summed E-state index contributed by atoms with van der Waals surface area (Å²) in [5.74, 6) is 0. The maximum Gasteiger partial charge on any atom is 0.0679 e. The summed E-state index contributed by atoms with van der Waals surface area (Å²) in [6.45, 7) is 8.51. The van der Waals surface area contributed by atoms with Crippen molar-refractivity contribution in [3.05, 3.63) is 0 Å². The Morgan fingerprint density at radius 3 is 2.69 bits per heavy atom. The Balaban J connectivity index is 2.21. The van der Waals surface area contributed by atoms with E-state index < -0.39 is 0 Å². The number of aliphatic hydroxyl groups excluding tert-OH is 1. The van der Waals surface area contributed by atoms with Crippen LogP contribution < -0.4 is 10.6 Å². The van der Waals surface area contributed by atoms with Gasteiger partial charge in [0.05, 0.1) is 6.10 Å². The van der Waals surface area contributed by atoms with Gasteiger partial charge in [0, 0.05) is 31.7 Å². The maximum atomic E-state index is 9.43. The zero-order valence-electron chi connectivity index (χ0n) is 10.9. The molecule has 16 heavy (non-hydrogen) atoms. The van der Waals surface area contributed by atoms with Gasteiger partial charge in [-0.25, -0.2) is 0 Å². The molecule has 0 aromatic rings. The van der Waals surface area contributed by atoms with Gasteiger partial charge >= 0.3 is 0 Å². The lowest BCUT2D eigenvalue weighted by Gasteiger charge is -2.27. The topological polar surface area (TPSA) is 47.5 Å². The highest BCUT2D eigenvalue weighted by Crippen LogP contribution is 2.11. The van der Waals surface area contributed by atoms with Gasteiger partial charge in [-0.2, -0.15) is 0 Å². The Morgan fingerprint density at radius 2 is 2.19 bits per heavy atom. The molecule has 0 spiro atoms. The van der Waals surface area contributed by atoms with Crippen LogP contribution in [0.5, 0.6) is 0 Å². The van der Waals surface area contributed by atoms with Crippen molar-refractivity contribution in [1.82, 2.24) is 15.5 Å². The monoisotopic (exact) mass is 229 g/mol. The minimum atomic E-state index is -0.130. The van der Waals surface area contributed by atoms with Gasteiger partial charge in [0.15, 0.2) is 0 Å². The zero-order chi connectivity index (χ0) is 12.0.